The fourth-order valence-electron chi connectivity index (χ4n) is 2.95. The zero-order valence-electron chi connectivity index (χ0n) is 16.2. The average Bonchev–Trinajstić information content (AvgIpc) is 2.68. The molecule has 1 aliphatic heterocycles. The molecule has 1 fully saturated rings. The molecule has 156 valence electrons. The van der Waals surface area contributed by atoms with Crippen LogP contribution in [0, 0.1) is 0 Å². The van der Waals surface area contributed by atoms with Gasteiger partial charge in [-0.2, -0.15) is 18.2 Å². The van der Waals surface area contributed by atoms with Crippen LogP contribution in [0.3, 0.4) is 0 Å². The van der Waals surface area contributed by atoms with Gasteiger partial charge in [0.05, 0.1) is 31.4 Å². The van der Waals surface area contributed by atoms with Crippen LogP contribution in [0.25, 0.3) is 0 Å². The molecular formula is C19H22F3N5O2. The molecule has 1 aromatic heterocycles. The van der Waals surface area contributed by atoms with Crippen molar-refractivity contribution < 1.29 is 22.7 Å². The van der Waals surface area contributed by atoms with Crippen molar-refractivity contribution in [3.05, 3.63) is 41.6 Å². The van der Waals surface area contributed by atoms with E-state index in [9.17, 15) is 18.0 Å². The number of halogens is 3. The van der Waals surface area contributed by atoms with Crippen molar-refractivity contribution >= 4 is 23.4 Å². The van der Waals surface area contributed by atoms with Gasteiger partial charge in [-0.15, -0.1) is 0 Å². The number of carbonyl (C=O) groups excluding carboxylic acids is 1. The minimum Gasteiger partial charge on any atom is -0.378 e. The number of ether oxygens (including phenoxy) is 1. The number of aromatic nitrogens is 2. The summed E-state index contributed by atoms with van der Waals surface area (Å²) in [6, 6.07) is 4.73. The Bertz CT molecular complexity index is 867. The molecule has 0 radical (unpaired) electrons. The summed E-state index contributed by atoms with van der Waals surface area (Å²) in [5.41, 5.74) is -0.117. The Balaban J connectivity index is 1.74. The first-order chi connectivity index (χ1) is 13.7. The van der Waals surface area contributed by atoms with E-state index in [1.54, 1.807) is 19.0 Å². The van der Waals surface area contributed by atoms with Gasteiger partial charge in [-0.1, -0.05) is 18.2 Å². The van der Waals surface area contributed by atoms with E-state index in [4.69, 9.17) is 4.74 Å². The first-order valence-corrected chi connectivity index (χ1v) is 9.07. The van der Waals surface area contributed by atoms with E-state index in [0.717, 1.165) is 12.1 Å². The molecule has 1 saturated heterocycles. The van der Waals surface area contributed by atoms with E-state index in [2.05, 4.69) is 15.3 Å². The number of hydrogen-bond donors (Lipinski definition) is 1. The monoisotopic (exact) mass is 409 g/mol. The van der Waals surface area contributed by atoms with Crippen LogP contribution in [-0.2, 0) is 22.1 Å². The first-order valence-electron chi connectivity index (χ1n) is 9.07. The second-order valence-electron chi connectivity index (χ2n) is 6.82. The van der Waals surface area contributed by atoms with Crippen LogP contribution in [0.5, 0.6) is 0 Å². The van der Waals surface area contributed by atoms with E-state index >= 15 is 0 Å². The number of anilines is 3. The number of carbonyl (C=O) groups is 1. The molecule has 0 atom stereocenters. The largest absolute Gasteiger partial charge is 0.416 e. The molecular weight excluding hydrogens is 387 g/mol. The summed E-state index contributed by atoms with van der Waals surface area (Å²) in [6.07, 6.45) is -3.13. The number of hydrogen-bond acceptors (Lipinski definition) is 6. The van der Waals surface area contributed by atoms with Crippen LogP contribution < -0.4 is 15.1 Å². The van der Waals surface area contributed by atoms with Crippen LogP contribution in [-0.4, -0.2) is 56.3 Å². The summed E-state index contributed by atoms with van der Waals surface area (Å²) >= 11 is 0. The van der Waals surface area contributed by atoms with Gasteiger partial charge < -0.3 is 19.9 Å². The second-order valence-corrected chi connectivity index (χ2v) is 6.82. The van der Waals surface area contributed by atoms with Crippen molar-refractivity contribution in [1.82, 2.24) is 9.97 Å². The van der Waals surface area contributed by atoms with Crippen molar-refractivity contribution in [2.24, 2.45) is 0 Å². The van der Waals surface area contributed by atoms with Crippen LogP contribution in [0.15, 0.2) is 30.5 Å². The number of amides is 1. The fraction of sp³-hybridized carbons (Fsp3) is 0.421. The average molecular weight is 409 g/mol. The normalized spacial score (nSPS) is 14.6. The lowest BCUT2D eigenvalue weighted by Crippen LogP contribution is -2.37. The summed E-state index contributed by atoms with van der Waals surface area (Å²) in [7, 11) is 3.57. The Morgan fingerprint density at radius 2 is 2.00 bits per heavy atom. The van der Waals surface area contributed by atoms with E-state index in [-0.39, 0.29) is 12.0 Å². The third kappa shape index (κ3) is 5.35. The summed E-state index contributed by atoms with van der Waals surface area (Å²) in [4.78, 5) is 25.0. The van der Waals surface area contributed by atoms with Crippen molar-refractivity contribution in [2.75, 3.05) is 55.5 Å². The second kappa shape index (κ2) is 8.64. The topological polar surface area (TPSA) is 70.6 Å². The van der Waals surface area contributed by atoms with E-state index in [1.165, 1.54) is 18.3 Å². The Kier molecular flexibility index (Phi) is 6.21. The lowest BCUT2D eigenvalue weighted by molar-refractivity contribution is -0.137. The maximum atomic E-state index is 12.9. The third-order valence-electron chi connectivity index (χ3n) is 4.37. The molecule has 2 aromatic rings. The molecule has 0 unspecified atom stereocenters. The van der Waals surface area contributed by atoms with Gasteiger partial charge in [0, 0.05) is 27.2 Å². The maximum Gasteiger partial charge on any atom is 0.416 e. The Morgan fingerprint density at radius 3 is 2.66 bits per heavy atom. The van der Waals surface area contributed by atoms with E-state index < -0.39 is 17.6 Å². The Morgan fingerprint density at radius 1 is 1.28 bits per heavy atom. The maximum absolute atomic E-state index is 12.9. The molecule has 1 aliphatic rings. The van der Waals surface area contributed by atoms with Gasteiger partial charge in [-0.3, -0.25) is 4.79 Å². The van der Waals surface area contributed by atoms with Gasteiger partial charge in [0.25, 0.3) is 0 Å². The summed E-state index contributed by atoms with van der Waals surface area (Å²) in [5, 5.41) is 2.70. The molecule has 7 nitrogen and oxygen atoms in total. The Labute approximate surface area is 166 Å². The van der Waals surface area contributed by atoms with Crippen molar-refractivity contribution in [1.29, 1.82) is 0 Å². The molecule has 29 heavy (non-hydrogen) atoms. The van der Waals surface area contributed by atoms with Gasteiger partial charge in [0.15, 0.2) is 5.82 Å². The summed E-state index contributed by atoms with van der Waals surface area (Å²) in [5.74, 6) is 0.599. The van der Waals surface area contributed by atoms with E-state index in [1.807, 2.05) is 4.90 Å². The minimum atomic E-state index is -4.45. The molecule has 0 aliphatic carbocycles. The fourth-order valence-corrected chi connectivity index (χ4v) is 2.95. The highest BCUT2D eigenvalue weighted by Crippen LogP contribution is 2.30. The van der Waals surface area contributed by atoms with Gasteiger partial charge in [-0.25, -0.2) is 4.98 Å². The quantitative estimate of drug-likeness (QED) is 0.819. The zero-order chi connectivity index (χ0) is 21.0. The Hall–Kier alpha value is -2.88. The molecule has 1 amide bonds. The number of rotatable bonds is 5. The van der Waals surface area contributed by atoms with Crippen molar-refractivity contribution in [2.45, 2.75) is 12.6 Å². The summed E-state index contributed by atoms with van der Waals surface area (Å²) < 4.78 is 43.9. The molecule has 0 bridgehead atoms. The lowest BCUT2D eigenvalue weighted by Gasteiger charge is -2.28. The molecule has 10 heteroatoms. The minimum absolute atomic E-state index is 0.192. The molecule has 2 heterocycles. The molecule has 3 rings (SSSR count). The van der Waals surface area contributed by atoms with Crippen LogP contribution in [0.2, 0.25) is 0 Å². The van der Waals surface area contributed by atoms with Crippen LogP contribution in [0.1, 0.15) is 11.1 Å². The number of nitrogens with zero attached hydrogens (tertiary/aromatic N) is 4. The van der Waals surface area contributed by atoms with E-state index in [0.29, 0.717) is 43.8 Å². The number of alkyl halides is 3. The van der Waals surface area contributed by atoms with Gasteiger partial charge in [-0.05, 0) is 11.6 Å². The molecule has 1 N–H and O–H groups in total. The highest BCUT2D eigenvalue weighted by atomic mass is 19.4. The molecule has 1 aromatic carbocycles. The van der Waals surface area contributed by atoms with Gasteiger partial charge in [0.2, 0.25) is 11.9 Å². The van der Waals surface area contributed by atoms with Crippen LogP contribution in [0.4, 0.5) is 30.6 Å². The third-order valence-corrected chi connectivity index (χ3v) is 4.37. The number of nitrogens with one attached hydrogen (secondary N) is 1. The summed E-state index contributed by atoms with van der Waals surface area (Å²) in [6.45, 7) is 2.54. The predicted molar refractivity (Wildman–Crippen MR) is 103 cm³/mol. The highest BCUT2D eigenvalue weighted by molar-refractivity contribution is 5.94. The molecule has 0 saturated carbocycles. The SMILES string of the molecule is CN(C)c1nc(N2CCOCC2)ncc1NC(=O)Cc1cccc(C(F)(F)F)c1. The number of morpholine rings is 1. The van der Waals surface area contributed by atoms with Crippen LogP contribution >= 0.6 is 0 Å². The number of benzene rings is 1. The van der Waals surface area contributed by atoms with Crippen molar-refractivity contribution in [3.63, 3.8) is 0 Å². The lowest BCUT2D eigenvalue weighted by atomic mass is 10.1. The van der Waals surface area contributed by atoms with Gasteiger partial charge >= 0.3 is 6.18 Å². The highest BCUT2D eigenvalue weighted by Gasteiger charge is 2.30. The molecule has 0 spiro atoms. The first kappa shape index (κ1) is 20.8. The van der Waals surface area contributed by atoms with Crippen molar-refractivity contribution in [3.8, 4) is 0 Å². The van der Waals surface area contributed by atoms with Gasteiger partial charge in [0.1, 0.15) is 5.69 Å². The standard InChI is InChI=1S/C19H22F3N5O2/c1-26(2)17-15(12-23-18(25-17)27-6-8-29-9-7-27)24-16(28)11-13-4-3-5-14(10-13)19(20,21)22/h3-5,10,12H,6-9,11H2,1-2H3,(H,24,28). The zero-order valence-corrected chi connectivity index (χ0v) is 16.2. The smallest absolute Gasteiger partial charge is 0.378 e. The predicted octanol–water partition coefficient (Wildman–Crippen LogP) is 2.58.